The number of aromatic nitrogens is 2. The lowest BCUT2D eigenvalue weighted by Crippen LogP contribution is -2.11. The van der Waals surface area contributed by atoms with E-state index >= 15 is 0 Å². The van der Waals surface area contributed by atoms with Gasteiger partial charge < -0.3 is 10.3 Å². The molecule has 0 saturated carbocycles. The fourth-order valence-electron chi connectivity index (χ4n) is 1.34. The minimum atomic E-state index is -0.620. The van der Waals surface area contributed by atoms with Crippen LogP contribution in [0.4, 0.5) is 5.69 Å². The number of hydrogen-bond acceptors (Lipinski definition) is 4. The number of rotatable bonds is 3. The SMILES string of the molecule is NC(=O)c1cn(-c2ccc([N+](=O)[O-])cc2)cn1. The van der Waals surface area contributed by atoms with Crippen LogP contribution in [0.5, 0.6) is 0 Å². The van der Waals surface area contributed by atoms with Crippen molar-refractivity contribution in [3.63, 3.8) is 0 Å². The lowest BCUT2D eigenvalue weighted by atomic mass is 10.3. The molecule has 0 saturated heterocycles. The zero-order chi connectivity index (χ0) is 12.4. The molecular weight excluding hydrogens is 224 g/mol. The molecule has 0 bridgehead atoms. The molecule has 0 atom stereocenters. The van der Waals surface area contributed by atoms with Crippen LogP contribution in [0.3, 0.4) is 0 Å². The van der Waals surface area contributed by atoms with Gasteiger partial charge in [0.2, 0.25) is 0 Å². The summed E-state index contributed by atoms with van der Waals surface area (Å²) in [6.07, 6.45) is 2.88. The summed E-state index contributed by atoms with van der Waals surface area (Å²) in [4.78, 5) is 24.6. The van der Waals surface area contributed by atoms with E-state index in [9.17, 15) is 14.9 Å². The van der Waals surface area contributed by atoms with Crippen molar-refractivity contribution in [2.24, 2.45) is 5.73 Å². The van der Waals surface area contributed by atoms with Crippen LogP contribution in [-0.4, -0.2) is 20.4 Å². The lowest BCUT2D eigenvalue weighted by Gasteiger charge is -2.00. The van der Waals surface area contributed by atoms with E-state index in [1.54, 1.807) is 16.7 Å². The van der Waals surface area contributed by atoms with Crippen LogP contribution in [-0.2, 0) is 0 Å². The third kappa shape index (κ3) is 2.12. The van der Waals surface area contributed by atoms with Gasteiger partial charge in [0.15, 0.2) is 0 Å². The number of nitrogens with zero attached hydrogens (tertiary/aromatic N) is 3. The first-order chi connectivity index (χ1) is 8.08. The van der Waals surface area contributed by atoms with Crippen LogP contribution in [0.15, 0.2) is 36.8 Å². The number of amides is 1. The lowest BCUT2D eigenvalue weighted by molar-refractivity contribution is -0.384. The number of nitro groups is 1. The molecule has 0 unspecified atom stereocenters. The maximum Gasteiger partial charge on any atom is 0.269 e. The highest BCUT2D eigenvalue weighted by molar-refractivity contribution is 5.90. The van der Waals surface area contributed by atoms with Crippen molar-refractivity contribution in [1.82, 2.24) is 9.55 Å². The molecule has 7 nitrogen and oxygen atoms in total. The fraction of sp³-hybridized carbons (Fsp3) is 0. The Morgan fingerprint density at radius 3 is 2.47 bits per heavy atom. The molecule has 0 aliphatic carbocycles. The third-order valence-electron chi connectivity index (χ3n) is 2.19. The highest BCUT2D eigenvalue weighted by Gasteiger charge is 2.07. The first kappa shape index (κ1) is 10.8. The molecule has 1 aromatic carbocycles. The smallest absolute Gasteiger partial charge is 0.269 e. The Morgan fingerprint density at radius 1 is 1.35 bits per heavy atom. The number of nitrogens with two attached hydrogens (primary N) is 1. The second-order valence-electron chi connectivity index (χ2n) is 3.30. The Kier molecular flexibility index (Phi) is 2.57. The normalized spacial score (nSPS) is 10.1. The molecule has 17 heavy (non-hydrogen) atoms. The molecule has 0 fully saturated rings. The molecule has 2 rings (SSSR count). The second kappa shape index (κ2) is 4.05. The average Bonchev–Trinajstić information content (AvgIpc) is 2.78. The standard InChI is InChI=1S/C10H8N4O3/c11-10(15)9-5-13(6-12-9)7-1-3-8(4-2-7)14(16)17/h1-6H,(H2,11,15). The minimum absolute atomic E-state index is 0.00369. The van der Waals surface area contributed by atoms with Crippen molar-refractivity contribution < 1.29 is 9.72 Å². The Labute approximate surface area is 95.6 Å². The molecule has 0 aliphatic heterocycles. The molecule has 0 aliphatic rings. The van der Waals surface area contributed by atoms with E-state index in [-0.39, 0.29) is 11.4 Å². The zero-order valence-electron chi connectivity index (χ0n) is 8.61. The van der Waals surface area contributed by atoms with Crippen molar-refractivity contribution in [3.05, 3.63) is 52.6 Å². The van der Waals surface area contributed by atoms with Crippen LogP contribution >= 0.6 is 0 Å². The molecule has 7 heteroatoms. The first-order valence-electron chi connectivity index (χ1n) is 4.66. The van der Waals surface area contributed by atoms with Crippen molar-refractivity contribution in [2.45, 2.75) is 0 Å². The van der Waals surface area contributed by atoms with Crippen LogP contribution in [0.25, 0.3) is 5.69 Å². The highest BCUT2D eigenvalue weighted by Crippen LogP contribution is 2.15. The van der Waals surface area contributed by atoms with Crippen molar-refractivity contribution in [2.75, 3.05) is 0 Å². The Morgan fingerprint density at radius 2 is 2.00 bits per heavy atom. The maximum atomic E-state index is 10.8. The predicted molar refractivity (Wildman–Crippen MR) is 58.7 cm³/mol. The van der Waals surface area contributed by atoms with Gasteiger partial charge in [0.05, 0.1) is 4.92 Å². The Hall–Kier alpha value is -2.70. The number of benzene rings is 1. The van der Waals surface area contributed by atoms with Gasteiger partial charge >= 0.3 is 0 Å². The maximum absolute atomic E-state index is 10.8. The molecule has 0 radical (unpaired) electrons. The summed E-state index contributed by atoms with van der Waals surface area (Å²) in [6, 6.07) is 5.87. The molecular formula is C10H8N4O3. The van der Waals surface area contributed by atoms with Gasteiger partial charge in [0.25, 0.3) is 11.6 Å². The van der Waals surface area contributed by atoms with Crippen LogP contribution in [0.2, 0.25) is 0 Å². The van der Waals surface area contributed by atoms with Gasteiger partial charge in [-0.1, -0.05) is 0 Å². The van der Waals surface area contributed by atoms with Crippen LogP contribution in [0.1, 0.15) is 10.5 Å². The molecule has 1 heterocycles. The van der Waals surface area contributed by atoms with Gasteiger partial charge in [-0.3, -0.25) is 14.9 Å². The summed E-state index contributed by atoms with van der Waals surface area (Å²) in [6.45, 7) is 0. The quantitative estimate of drug-likeness (QED) is 0.626. The topological polar surface area (TPSA) is 104 Å². The third-order valence-corrected chi connectivity index (χ3v) is 2.19. The largest absolute Gasteiger partial charge is 0.364 e. The monoisotopic (exact) mass is 232 g/mol. The van der Waals surface area contributed by atoms with Crippen LogP contribution in [0, 0.1) is 10.1 Å². The minimum Gasteiger partial charge on any atom is -0.364 e. The van der Waals surface area contributed by atoms with Crippen molar-refractivity contribution >= 4 is 11.6 Å². The number of hydrogen-bond donors (Lipinski definition) is 1. The Balaban J connectivity index is 2.33. The van der Waals surface area contributed by atoms with E-state index in [0.29, 0.717) is 5.69 Å². The predicted octanol–water partition coefficient (Wildman–Crippen LogP) is 0.879. The van der Waals surface area contributed by atoms with Gasteiger partial charge in [0, 0.05) is 24.0 Å². The summed E-state index contributed by atoms with van der Waals surface area (Å²) in [7, 11) is 0. The molecule has 2 N–H and O–H groups in total. The number of non-ortho nitro benzene ring substituents is 1. The second-order valence-corrected chi connectivity index (χ2v) is 3.30. The van der Waals surface area contributed by atoms with Crippen LogP contribution < -0.4 is 5.73 Å². The molecule has 2 aromatic rings. The van der Waals surface area contributed by atoms with E-state index in [4.69, 9.17) is 5.73 Å². The molecule has 1 amide bonds. The average molecular weight is 232 g/mol. The van der Waals surface area contributed by atoms with Gasteiger partial charge in [-0.05, 0) is 12.1 Å². The van der Waals surface area contributed by atoms with Gasteiger partial charge in [-0.15, -0.1) is 0 Å². The summed E-state index contributed by atoms with van der Waals surface area (Å²) < 4.78 is 1.56. The number of imidazole rings is 1. The number of primary amides is 1. The summed E-state index contributed by atoms with van der Waals surface area (Å²) in [5, 5.41) is 10.5. The highest BCUT2D eigenvalue weighted by atomic mass is 16.6. The molecule has 1 aromatic heterocycles. The van der Waals surface area contributed by atoms with E-state index in [1.165, 1.54) is 24.7 Å². The van der Waals surface area contributed by atoms with E-state index in [0.717, 1.165) is 0 Å². The summed E-state index contributed by atoms with van der Waals surface area (Å²) in [5.74, 6) is -0.620. The number of carbonyl (C=O) groups is 1. The first-order valence-corrected chi connectivity index (χ1v) is 4.66. The van der Waals surface area contributed by atoms with E-state index in [1.807, 2.05) is 0 Å². The van der Waals surface area contributed by atoms with E-state index in [2.05, 4.69) is 4.98 Å². The van der Waals surface area contributed by atoms with Gasteiger partial charge in [-0.25, -0.2) is 4.98 Å². The zero-order valence-corrected chi connectivity index (χ0v) is 8.61. The fourth-order valence-corrected chi connectivity index (χ4v) is 1.34. The van der Waals surface area contributed by atoms with E-state index < -0.39 is 10.8 Å². The van der Waals surface area contributed by atoms with Crippen molar-refractivity contribution in [3.8, 4) is 5.69 Å². The molecule has 86 valence electrons. The van der Waals surface area contributed by atoms with Gasteiger partial charge in [0.1, 0.15) is 12.0 Å². The summed E-state index contributed by atoms with van der Waals surface area (Å²) >= 11 is 0. The van der Waals surface area contributed by atoms with Gasteiger partial charge in [-0.2, -0.15) is 0 Å². The number of nitro benzene ring substituents is 1. The number of carbonyl (C=O) groups excluding carboxylic acids is 1. The van der Waals surface area contributed by atoms with Crippen molar-refractivity contribution in [1.29, 1.82) is 0 Å². The Bertz CT molecular complexity index is 573. The summed E-state index contributed by atoms with van der Waals surface area (Å²) in [5.41, 5.74) is 5.87. The molecule has 0 spiro atoms.